The van der Waals surface area contributed by atoms with Crippen LogP contribution in [-0.4, -0.2) is 98.9 Å². The Balaban J connectivity index is 2.34. The first kappa shape index (κ1) is 60.6. The number of phosphoric acid groups is 1. The number of allylic oxidation sites excluding steroid dienone is 6. The van der Waals surface area contributed by atoms with Gasteiger partial charge in [-0.3, -0.25) is 13.8 Å². The molecule has 13 heteroatoms. The van der Waals surface area contributed by atoms with Gasteiger partial charge in [0, 0.05) is 13.0 Å². The van der Waals surface area contributed by atoms with Crippen molar-refractivity contribution in [1.29, 1.82) is 0 Å². The molecule has 0 radical (unpaired) electrons. The zero-order valence-electron chi connectivity index (χ0n) is 40.3. The van der Waals surface area contributed by atoms with Crippen LogP contribution in [-0.2, 0) is 27.9 Å². The molecule has 1 saturated carbocycles. The Bertz CT molecular complexity index is 1200. The molecule has 6 unspecified atom stereocenters. The summed E-state index contributed by atoms with van der Waals surface area (Å²) in [4.78, 5) is 23.2. The molecular formula is C51H95O12P. The van der Waals surface area contributed by atoms with Crippen LogP contribution in [0, 0.1) is 0 Å². The molecule has 12 nitrogen and oxygen atoms in total. The maximum absolute atomic E-state index is 12.8. The summed E-state index contributed by atoms with van der Waals surface area (Å²) in [7, 11) is -5.02. The summed E-state index contributed by atoms with van der Waals surface area (Å²) in [6.07, 6.45) is 37.8. The van der Waals surface area contributed by atoms with Gasteiger partial charge in [-0.05, 0) is 70.6 Å². The minimum absolute atomic E-state index is 0.0834. The summed E-state index contributed by atoms with van der Waals surface area (Å²) in [5.74, 6) is -0.482. The van der Waals surface area contributed by atoms with Gasteiger partial charge in [0.2, 0.25) is 0 Å². The Labute approximate surface area is 389 Å². The fraction of sp³-hybridized carbons (Fsp3) is 0.863. The van der Waals surface area contributed by atoms with Crippen LogP contribution < -0.4 is 0 Å². The van der Waals surface area contributed by atoms with Crippen LogP contribution in [0.3, 0.4) is 0 Å². The van der Waals surface area contributed by atoms with Crippen molar-refractivity contribution in [2.24, 2.45) is 0 Å². The lowest BCUT2D eigenvalue weighted by Crippen LogP contribution is -2.64. The van der Waals surface area contributed by atoms with Gasteiger partial charge in [0.25, 0.3) is 0 Å². The van der Waals surface area contributed by atoms with Gasteiger partial charge in [-0.1, -0.05) is 179 Å². The molecule has 376 valence electrons. The highest BCUT2D eigenvalue weighted by Crippen LogP contribution is 2.47. The van der Waals surface area contributed by atoms with Crippen molar-refractivity contribution in [3.8, 4) is 0 Å². The first-order valence-electron chi connectivity index (χ1n) is 25.8. The molecule has 1 fully saturated rings. The molecule has 0 heterocycles. The van der Waals surface area contributed by atoms with Gasteiger partial charge >= 0.3 is 13.8 Å². The summed E-state index contributed by atoms with van der Waals surface area (Å²) >= 11 is 0. The average molecular weight is 931 g/mol. The smallest absolute Gasteiger partial charge is 0.457 e. The standard InChI is InChI=1S/C51H95O12P/c1-3-5-7-9-11-13-15-17-19-21-22-23-24-25-26-28-30-32-34-36-38-40-45(52)62-44(43-61-64(58,59)63-51-49(56)47(54)46(53)48(55)50(51)57)42-60-41-39-37-35-33-31-29-27-20-18-16-14-12-10-8-6-4-2/h12,14,18,20-22,44,46-51,53-57H,3-11,13,15-17,19,23-43H2,1-2H3,(H,58,59)/b14-12-,20-18-,22-21-. The predicted molar refractivity (Wildman–Crippen MR) is 258 cm³/mol. The van der Waals surface area contributed by atoms with E-state index in [1.807, 2.05) is 0 Å². The van der Waals surface area contributed by atoms with Crippen molar-refractivity contribution in [2.45, 2.75) is 262 Å². The Morgan fingerprint density at radius 2 is 0.875 bits per heavy atom. The van der Waals surface area contributed by atoms with Crippen molar-refractivity contribution in [3.05, 3.63) is 36.5 Å². The zero-order chi connectivity index (χ0) is 46.9. The summed E-state index contributed by atoms with van der Waals surface area (Å²) in [5, 5.41) is 50.3. The molecule has 0 aliphatic heterocycles. The second kappa shape index (κ2) is 41.7. The predicted octanol–water partition coefficient (Wildman–Crippen LogP) is 11.4. The zero-order valence-corrected chi connectivity index (χ0v) is 41.2. The van der Waals surface area contributed by atoms with E-state index < -0.39 is 63.1 Å². The van der Waals surface area contributed by atoms with Crippen LogP contribution in [0.2, 0.25) is 0 Å². The third kappa shape index (κ3) is 33.1. The largest absolute Gasteiger partial charge is 0.472 e. The maximum Gasteiger partial charge on any atom is 0.472 e. The minimum Gasteiger partial charge on any atom is -0.457 e. The van der Waals surface area contributed by atoms with Gasteiger partial charge in [0.15, 0.2) is 0 Å². The molecule has 0 saturated heterocycles. The van der Waals surface area contributed by atoms with Crippen molar-refractivity contribution < 1.29 is 58.3 Å². The molecule has 0 aromatic carbocycles. The first-order valence-corrected chi connectivity index (χ1v) is 27.3. The van der Waals surface area contributed by atoms with E-state index in [9.17, 15) is 39.8 Å². The van der Waals surface area contributed by atoms with E-state index >= 15 is 0 Å². The number of rotatable bonds is 44. The average Bonchev–Trinajstić information content (AvgIpc) is 3.28. The number of unbranched alkanes of at least 4 members (excludes halogenated alkanes) is 26. The third-order valence-electron chi connectivity index (χ3n) is 12.0. The van der Waals surface area contributed by atoms with Crippen LogP contribution in [0.15, 0.2) is 36.5 Å². The van der Waals surface area contributed by atoms with Gasteiger partial charge in [-0.15, -0.1) is 0 Å². The summed E-state index contributed by atoms with van der Waals surface area (Å²) in [5.41, 5.74) is 0. The van der Waals surface area contributed by atoms with Crippen LogP contribution in [0.4, 0.5) is 0 Å². The fourth-order valence-corrected chi connectivity index (χ4v) is 8.82. The molecule has 0 spiro atoms. The van der Waals surface area contributed by atoms with E-state index in [0.717, 1.165) is 57.8 Å². The molecule has 6 N–H and O–H groups in total. The molecule has 64 heavy (non-hydrogen) atoms. The lowest BCUT2D eigenvalue weighted by molar-refractivity contribution is -0.220. The summed E-state index contributed by atoms with van der Waals surface area (Å²) in [6, 6.07) is 0. The number of aliphatic hydroxyl groups excluding tert-OH is 5. The van der Waals surface area contributed by atoms with Crippen molar-refractivity contribution in [1.82, 2.24) is 0 Å². The fourth-order valence-electron chi connectivity index (χ4n) is 7.85. The number of phosphoric ester groups is 1. The van der Waals surface area contributed by atoms with Crippen LogP contribution in [0.5, 0.6) is 0 Å². The van der Waals surface area contributed by atoms with Gasteiger partial charge < -0.3 is 39.9 Å². The quantitative estimate of drug-likeness (QED) is 0.0147. The van der Waals surface area contributed by atoms with E-state index in [2.05, 4.69) is 50.3 Å². The van der Waals surface area contributed by atoms with E-state index in [1.165, 1.54) is 135 Å². The SMILES string of the molecule is CCCCC/C=C\C/C=C\CCCCCCCCOCC(COP(=O)(O)OC1C(O)C(O)C(O)C(O)C1O)OC(=O)CCCCCCCCCCC/C=C\CCCCCCCCCC. The Hall–Kier alpha value is -1.44. The van der Waals surface area contributed by atoms with Crippen molar-refractivity contribution >= 4 is 13.8 Å². The highest BCUT2D eigenvalue weighted by atomic mass is 31.2. The van der Waals surface area contributed by atoms with E-state index in [1.54, 1.807) is 0 Å². The van der Waals surface area contributed by atoms with E-state index in [-0.39, 0.29) is 13.0 Å². The molecule has 0 amide bonds. The number of carbonyl (C=O) groups is 1. The molecule has 0 aromatic rings. The molecule has 1 aliphatic rings. The van der Waals surface area contributed by atoms with Crippen molar-refractivity contribution in [3.63, 3.8) is 0 Å². The van der Waals surface area contributed by atoms with Gasteiger partial charge in [-0.2, -0.15) is 0 Å². The lowest BCUT2D eigenvalue weighted by Gasteiger charge is -2.41. The van der Waals surface area contributed by atoms with Crippen LogP contribution in [0.1, 0.15) is 219 Å². The summed E-state index contributed by atoms with van der Waals surface area (Å²) in [6.45, 7) is 4.23. The number of aliphatic hydroxyl groups is 5. The molecule has 1 aliphatic carbocycles. The number of ether oxygens (including phenoxy) is 2. The Morgan fingerprint density at radius 3 is 1.36 bits per heavy atom. The highest BCUT2D eigenvalue weighted by molar-refractivity contribution is 7.47. The number of esters is 1. The third-order valence-corrected chi connectivity index (χ3v) is 13.0. The molecular weight excluding hydrogens is 836 g/mol. The normalized spacial score (nSPS) is 21.9. The number of hydrogen-bond donors (Lipinski definition) is 6. The van der Waals surface area contributed by atoms with Crippen LogP contribution in [0.25, 0.3) is 0 Å². The summed E-state index contributed by atoms with van der Waals surface area (Å²) < 4.78 is 34.3. The highest BCUT2D eigenvalue weighted by Gasteiger charge is 2.51. The number of hydrogen-bond acceptors (Lipinski definition) is 11. The maximum atomic E-state index is 12.8. The second-order valence-electron chi connectivity index (χ2n) is 18.0. The molecule has 1 rings (SSSR count). The van der Waals surface area contributed by atoms with E-state index in [0.29, 0.717) is 13.0 Å². The Kier molecular flexibility index (Phi) is 39.5. The van der Waals surface area contributed by atoms with Crippen LogP contribution >= 0.6 is 7.82 Å². The van der Waals surface area contributed by atoms with Gasteiger partial charge in [0.05, 0.1) is 13.2 Å². The number of carbonyl (C=O) groups excluding carboxylic acids is 1. The Morgan fingerprint density at radius 1 is 0.500 bits per heavy atom. The topological polar surface area (TPSA) is 192 Å². The van der Waals surface area contributed by atoms with Crippen molar-refractivity contribution in [2.75, 3.05) is 19.8 Å². The monoisotopic (exact) mass is 931 g/mol. The molecule has 0 aromatic heterocycles. The van der Waals surface area contributed by atoms with Gasteiger partial charge in [0.1, 0.15) is 42.7 Å². The lowest BCUT2D eigenvalue weighted by atomic mass is 9.85. The molecule has 0 bridgehead atoms. The van der Waals surface area contributed by atoms with E-state index in [4.69, 9.17) is 18.5 Å². The minimum atomic E-state index is -5.02. The second-order valence-corrected chi connectivity index (χ2v) is 19.4. The first-order chi connectivity index (χ1) is 31.0. The van der Waals surface area contributed by atoms with Gasteiger partial charge in [-0.25, -0.2) is 4.57 Å². The molecule has 6 atom stereocenters.